The van der Waals surface area contributed by atoms with Crippen LogP contribution in [0, 0.1) is 6.92 Å². The van der Waals surface area contributed by atoms with Crippen molar-refractivity contribution in [2.75, 3.05) is 13.1 Å². The Labute approximate surface area is 142 Å². The number of rotatable bonds is 3. The van der Waals surface area contributed by atoms with Crippen molar-refractivity contribution in [2.45, 2.75) is 32.2 Å². The van der Waals surface area contributed by atoms with Crippen LogP contribution in [0.25, 0.3) is 10.9 Å². The molecule has 2 aromatic heterocycles. The smallest absolute Gasteiger partial charge is 0.131 e. The van der Waals surface area contributed by atoms with Gasteiger partial charge in [-0.1, -0.05) is 11.6 Å². The highest BCUT2D eigenvalue weighted by Crippen LogP contribution is 2.26. The molecule has 4 rings (SSSR count). The number of hydrogen-bond acceptors (Lipinski definition) is 4. The fourth-order valence-corrected chi connectivity index (χ4v) is 3.51. The summed E-state index contributed by atoms with van der Waals surface area (Å²) in [4.78, 5) is 15.9. The quantitative estimate of drug-likeness (QED) is 0.738. The zero-order valence-corrected chi connectivity index (χ0v) is 14.0. The minimum atomic E-state index is 0.500. The molecule has 0 unspecified atom stereocenters. The van der Waals surface area contributed by atoms with Crippen molar-refractivity contribution in [1.29, 1.82) is 0 Å². The topological polar surface area (TPSA) is 41.9 Å². The molecule has 1 aliphatic heterocycles. The average molecular weight is 318 g/mol. The summed E-state index contributed by atoms with van der Waals surface area (Å²) in [6, 6.07) is 10.6. The summed E-state index contributed by atoms with van der Waals surface area (Å²) in [5.41, 5.74) is 3.65. The Morgan fingerprint density at radius 2 is 1.83 bits per heavy atom. The lowest BCUT2D eigenvalue weighted by atomic mass is 9.95. The van der Waals surface area contributed by atoms with Crippen molar-refractivity contribution >= 4 is 10.9 Å². The molecule has 1 saturated heterocycles. The maximum absolute atomic E-state index is 4.60. The van der Waals surface area contributed by atoms with Gasteiger partial charge in [-0.15, -0.1) is 0 Å². The van der Waals surface area contributed by atoms with Gasteiger partial charge in [-0.25, -0.2) is 9.97 Å². The summed E-state index contributed by atoms with van der Waals surface area (Å²) in [6.45, 7) is 5.28. The Hall–Kier alpha value is -2.33. The van der Waals surface area contributed by atoms with Gasteiger partial charge >= 0.3 is 0 Å². The Morgan fingerprint density at radius 1 is 1.04 bits per heavy atom. The van der Waals surface area contributed by atoms with E-state index in [1.807, 2.05) is 24.7 Å². The van der Waals surface area contributed by atoms with Gasteiger partial charge in [-0.05, 0) is 62.7 Å². The highest BCUT2D eigenvalue weighted by atomic mass is 15.1. The SMILES string of the molecule is Cc1ccc2ncc(CN3CCC(c4ncccn4)CC3)cc2c1. The highest BCUT2D eigenvalue weighted by molar-refractivity contribution is 5.79. The summed E-state index contributed by atoms with van der Waals surface area (Å²) in [5.74, 6) is 1.50. The molecule has 0 spiro atoms. The first-order chi connectivity index (χ1) is 11.8. The first-order valence-corrected chi connectivity index (χ1v) is 8.62. The van der Waals surface area contributed by atoms with Crippen molar-refractivity contribution in [3.63, 3.8) is 0 Å². The van der Waals surface area contributed by atoms with E-state index in [4.69, 9.17) is 0 Å². The minimum Gasteiger partial charge on any atom is -0.299 e. The lowest BCUT2D eigenvalue weighted by molar-refractivity contribution is 0.201. The lowest BCUT2D eigenvalue weighted by Gasteiger charge is -2.31. The second-order valence-corrected chi connectivity index (χ2v) is 6.70. The number of pyridine rings is 1. The molecule has 0 N–H and O–H groups in total. The van der Waals surface area contributed by atoms with Crippen LogP contribution in [0.4, 0.5) is 0 Å². The third-order valence-corrected chi connectivity index (χ3v) is 4.84. The van der Waals surface area contributed by atoms with Crippen LogP contribution in [-0.2, 0) is 6.54 Å². The largest absolute Gasteiger partial charge is 0.299 e. The molecule has 1 aliphatic rings. The Balaban J connectivity index is 1.42. The molecule has 3 aromatic rings. The van der Waals surface area contributed by atoms with E-state index in [2.05, 4.69) is 51.0 Å². The fraction of sp³-hybridized carbons (Fsp3) is 0.350. The number of likely N-dealkylation sites (tertiary alicyclic amines) is 1. The first kappa shape index (κ1) is 15.2. The minimum absolute atomic E-state index is 0.500. The average Bonchev–Trinajstić information content (AvgIpc) is 2.63. The van der Waals surface area contributed by atoms with Crippen LogP contribution in [0.3, 0.4) is 0 Å². The molecule has 0 aliphatic carbocycles. The molecule has 4 heteroatoms. The molecule has 122 valence electrons. The normalized spacial score (nSPS) is 16.5. The van der Waals surface area contributed by atoms with Gasteiger partial charge in [0.15, 0.2) is 0 Å². The monoisotopic (exact) mass is 318 g/mol. The van der Waals surface area contributed by atoms with E-state index in [1.165, 1.54) is 16.5 Å². The van der Waals surface area contributed by atoms with Gasteiger partial charge in [0.05, 0.1) is 5.52 Å². The molecule has 1 fully saturated rings. The summed E-state index contributed by atoms with van der Waals surface area (Å²) in [5, 5.41) is 1.24. The Bertz CT molecular complexity index is 823. The zero-order chi connectivity index (χ0) is 16.4. The van der Waals surface area contributed by atoms with Crippen molar-refractivity contribution in [1.82, 2.24) is 19.9 Å². The summed E-state index contributed by atoms with van der Waals surface area (Å²) in [7, 11) is 0. The first-order valence-electron chi connectivity index (χ1n) is 8.62. The molecule has 0 amide bonds. The van der Waals surface area contributed by atoms with Crippen LogP contribution < -0.4 is 0 Å². The maximum Gasteiger partial charge on any atom is 0.131 e. The number of fused-ring (bicyclic) bond motifs is 1. The summed E-state index contributed by atoms with van der Waals surface area (Å²) < 4.78 is 0. The van der Waals surface area contributed by atoms with Crippen LogP contribution >= 0.6 is 0 Å². The number of piperidine rings is 1. The number of aryl methyl sites for hydroxylation is 1. The maximum atomic E-state index is 4.60. The fourth-order valence-electron chi connectivity index (χ4n) is 3.51. The third-order valence-electron chi connectivity index (χ3n) is 4.84. The molecular weight excluding hydrogens is 296 g/mol. The van der Waals surface area contributed by atoms with Gasteiger partial charge in [0, 0.05) is 36.4 Å². The molecule has 0 bridgehead atoms. The molecule has 0 radical (unpaired) electrons. The summed E-state index contributed by atoms with van der Waals surface area (Å²) in [6.07, 6.45) is 7.97. The van der Waals surface area contributed by atoms with Gasteiger partial charge in [0.25, 0.3) is 0 Å². The lowest BCUT2D eigenvalue weighted by Crippen LogP contribution is -2.33. The van der Waals surface area contributed by atoms with E-state index >= 15 is 0 Å². The predicted molar refractivity (Wildman–Crippen MR) is 95.8 cm³/mol. The van der Waals surface area contributed by atoms with Crippen LogP contribution in [0.15, 0.2) is 48.9 Å². The van der Waals surface area contributed by atoms with Gasteiger partial charge in [0.1, 0.15) is 5.82 Å². The second kappa shape index (κ2) is 6.65. The molecule has 0 atom stereocenters. The van der Waals surface area contributed by atoms with Crippen LogP contribution in [0.2, 0.25) is 0 Å². The zero-order valence-electron chi connectivity index (χ0n) is 14.0. The highest BCUT2D eigenvalue weighted by Gasteiger charge is 2.22. The molecule has 0 saturated carbocycles. The van der Waals surface area contributed by atoms with Gasteiger partial charge in [0.2, 0.25) is 0 Å². The Kier molecular flexibility index (Phi) is 4.22. The summed E-state index contributed by atoms with van der Waals surface area (Å²) >= 11 is 0. The number of aromatic nitrogens is 3. The molecule has 24 heavy (non-hydrogen) atoms. The second-order valence-electron chi connectivity index (χ2n) is 6.70. The van der Waals surface area contributed by atoms with E-state index < -0.39 is 0 Å². The van der Waals surface area contributed by atoms with E-state index in [0.717, 1.165) is 43.8 Å². The number of benzene rings is 1. The van der Waals surface area contributed by atoms with Crippen molar-refractivity contribution in [3.8, 4) is 0 Å². The predicted octanol–water partition coefficient (Wildman–Crippen LogP) is 3.71. The van der Waals surface area contributed by atoms with Gasteiger partial charge in [-0.2, -0.15) is 0 Å². The van der Waals surface area contributed by atoms with E-state index in [1.54, 1.807) is 0 Å². The number of hydrogen-bond donors (Lipinski definition) is 0. The van der Waals surface area contributed by atoms with Crippen LogP contribution in [-0.4, -0.2) is 32.9 Å². The number of nitrogens with zero attached hydrogens (tertiary/aromatic N) is 4. The van der Waals surface area contributed by atoms with E-state index in [-0.39, 0.29) is 0 Å². The van der Waals surface area contributed by atoms with E-state index in [9.17, 15) is 0 Å². The standard InChI is InChI=1S/C20H22N4/c1-15-3-4-19-18(11-15)12-16(13-23-19)14-24-9-5-17(6-10-24)20-21-7-2-8-22-20/h2-4,7-8,11-13,17H,5-6,9-10,14H2,1H3. The Morgan fingerprint density at radius 3 is 2.62 bits per heavy atom. The van der Waals surface area contributed by atoms with Crippen molar-refractivity contribution < 1.29 is 0 Å². The van der Waals surface area contributed by atoms with Crippen molar-refractivity contribution in [3.05, 3.63) is 65.9 Å². The van der Waals surface area contributed by atoms with Crippen LogP contribution in [0.1, 0.15) is 35.7 Å². The van der Waals surface area contributed by atoms with Gasteiger partial charge < -0.3 is 0 Å². The molecular formula is C20H22N4. The molecule has 4 nitrogen and oxygen atoms in total. The van der Waals surface area contributed by atoms with Gasteiger partial charge in [-0.3, -0.25) is 9.88 Å². The molecule has 1 aromatic carbocycles. The third kappa shape index (κ3) is 3.29. The van der Waals surface area contributed by atoms with Crippen LogP contribution in [0.5, 0.6) is 0 Å². The van der Waals surface area contributed by atoms with Crippen molar-refractivity contribution in [2.24, 2.45) is 0 Å². The van der Waals surface area contributed by atoms with E-state index in [0.29, 0.717) is 5.92 Å². The molecule has 3 heterocycles.